The van der Waals surface area contributed by atoms with Crippen LogP contribution in [0.25, 0.3) is 11.4 Å². The van der Waals surface area contributed by atoms with Crippen molar-refractivity contribution in [2.24, 2.45) is 0 Å². The average molecular weight is 256 g/mol. The van der Waals surface area contributed by atoms with Gasteiger partial charge in [0.05, 0.1) is 5.56 Å². The van der Waals surface area contributed by atoms with Crippen LogP contribution >= 0.6 is 0 Å². The molecular weight excluding hydrogens is 249 g/mol. The van der Waals surface area contributed by atoms with Gasteiger partial charge in [-0.1, -0.05) is 0 Å². The Morgan fingerprint density at radius 1 is 1.06 bits per heavy atom. The van der Waals surface area contributed by atoms with E-state index in [2.05, 4.69) is 20.4 Å². The number of rotatable bonds is 1. The van der Waals surface area contributed by atoms with Crippen molar-refractivity contribution in [3.8, 4) is 17.1 Å². The predicted octanol–water partition coefficient (Wildman–Crippen LogP) is 1.97. The number of aryl methyl sites for hydroxylation is 1. The van der Waals surface area contributed by atoms with E-state index in [9.17, 15) is 13.2 Å². The average Bonchev–Trinajstić information content (AvgIpc) is 2.29. The number of halogens is 3. The number of nitrogens with zero attached hydrogens (tertiary/aromatic N) is 4. The van der Waals surface area contributed by atoms with Crippen molar-refractivity contribution in [1.82, 2.24) is 20.4 Å². The summed E-state index contributed by atoms with van der Waals surface area (Å²) in [5.74, 6) is -0.474. The van der Waals surface area contributed by atoms with Gasteiger partial charge in [-0.2, -0.15) is 13.2 Å². The fourth-order valence-corrected chi connectivity index (χ4v) is 1.35. The number of phenols is 1. The molecule has 0 aliphatic rings. The van der Waals surface area contributed by atoms with Crippen LogP contribution in [-0.2, 0) is 6.18 Å². The highest BCUT2D eigenvalue weighted by Crippen LogP contribution is 2.37. The quantitative estimate of drug-likeness (QED) is 0.844. The highest BCUT2D eigenvalue weighted by atomic mass is 19.4. The SMILES string of the molecule is Cc1nnc(-c2ccc(O)cc2C(F)(F)F)nn1. The number of alkyl halides is 3. The summed E-state index contributed by atoms with van der Waals surface area (Å²) in [6.45, 7) is 1.52. The molecule has 1 aromatic carbocycles. The van der Waals surface area contributed by atoms with Gasteiger partial charge in [0.2, 0.25) is 5.82 Å². The molecule has 2 rings (SSSR count). The lowest BCUT2D eigenvalue weighted by Crippen LogP contribution is -2.09. The maximum atomic E-state index is 12.8. The molecule has 0 saturated carbocycles. The highest BCUT2D eigenvalue weighted by Gasteiger charge is 2.35. The van der Waals surface area contributed by atoms with Crippen LogP contribution < -0.4 is 0 Å². The zero-order valence-electron chi connectivity index (χ0n) is 9.10. The van der Waals surface area contributed by atoms with Crippen molar-refractivity contribution in [3.05, 3.63) is 29.6 Å². The van der Waals surface area contributed by atoms with Crippen LogP contribution in [0.15, 0.2) is 18.2 Å². The monoisotopic (exact) mass is 256 g/mol. The van der Waals surface area contributed by atoms with E-state index in [1.807, 2.05) is 0 Å². The summed E-state index contributed by atoms with van der Waals surface area (Å²) < 4.78 is 38.4. The molecule has 8 heteroatoms. The minimum atomic E-state index is -4.62. The Morgan fingerprint density at radius 3 is 2.22 bits per heavy atom. The lowest BCUT2D eigenvalue weighted by Gasteiger charge is -2.11. The molecule has 5 nitrogen and oxygen atoms in total. The molecule has 0 unspecified atom stereocenters. The first-order valence-corrected chi connectivity index (χ1v) is 4.82. The Hall–Kier alpha value is -2.25. The molecule has 0 atom stereocenters. The molecule has 1 heterocycles. The fraction of sp³-hybridized carbons (Fsp3) is 0.200. The Morgan fingerprint density at radius 2 is 1.67 bits per heavy atom. The first-order valence-electron chi connectivity index (χ1n) is 4.82. The van der Waals surface area contributed by atoms with Crippen LogP contribution in [0.5, 0.6) is 5.75 Å². The first kappa shape index (κ1) is 12.2. The molecule has 0 radical (unpaired) electrons. The Labute approximate surface area is 99.3 Å². The number of aromatic nitrogens is 4. The third-order valence-corrected chi connectivity index (χ3v) is 2.13. The van der Waals surface area contributed by atoms with E-state index < -0.39 is 17.5 Å². The minimum absolute atomic E-state index is 0.243. The molecule has 2 aromatic rings. The van der Waals surface area contributed by atoms with E-state index in [4.69, 9.17) is 5.11 Å². The van der Waals surface area contributed by atoms with Crippen molar-refractivity contribution in [3.63, 3.8) is 0 Å². The minimum Gasteiger partial charge on any atom is -0.508 e. The molecule has 0 spiro atoms. The summed E-state index contributed by atoms with van der Waals surface area (Å²) in [7, 11) is 0. The van der Waals surface area contributed by atoms with Crippen LogP contribution in [0.3, 0.4) is 0 Å². The lowest BCUT2D eigenvalue weighted by atomic mass is 10.1. The van der Waals surface area contributed by atoms with Gasteiger partial charge in [-0.3, -0.25) is 0 Å². The molecule has 94 valence electrons. The van der Waals surface area contributed by atoms with E-state index in [-0.39, 0.29) is 17.2 Å². The predicted molar refractivity (Wildman–Crippen MR) is 54.5 cm³/mol. The zero-order chi connectivity index (χ0) is 13.3. The highest BCUT2D eigenvalue weighted by molar-refractivity contribution is 5.62. The number of hydrogen-bond donors (Lipinski definition) is 1. The summed E-state index contributed by atoms with van der Waals surface area (Å²) in [4.78, 5) is 0. The van der Waals surface area contributed by atoms with Crippen LogP contribution in [0.4, 0.5) is 13.2 Å². The lowest BCUT2D eigenvalue weighted by molar-refractivity contribution is -0.137. The molecule has 0 amide bonds. The normalized spacial score (nSPS) is 11.6. The Balaban J connectivity index is 2.60. The molecule has 0 aliphatic heterocycles. The first-order chi connectivity index (χ1) is 8.38. The maximum absolute atomic E-state index is 12.8. The van der Waals surface area contributed by atoms with Crippen LogP contribution in [0.1, 0.15) is 11.4 Å². The standard InChI is InChI=1S/C10H7F3N4O/c1-5-14-16-9(17-15-5)7-3-2-6(18)4-8(7)10(11,12)13/h2-4,18H,1H3. The third kappa shape index (κ3) is 2.36. The second-order valence-corrected chi connectivity index (χ2v) is 3.50. The van der Waals surface area contributed by atoms with E-state index in [0.717, 1.165) is 12.1 Å². The smallest absolute Gasteiger partial charge is 0.417 e. The Kier molecular flexibility index (Phi) is 2.85. The van der Waals surface area contributed by atoms with Gasteiger partial charge in [0.15, 0.2) is 5.82 Å². The van der Waals surface area contributed by atoms with Crippen molar-refractivity contribution >= 4 is 0 Å². The zero-order valence-corrected chi connectivity index (χ0v) is 9.10. The van der Waals surface area contributed by atoms with Gasteiger partial charge < -0.3 is 5.11 Å². The molecule has 0 saturated heterocycles. The van der Waals surface area contributed by atoms with E-state index in [1.54, 1.807) is 0 Å². The molecule has 1 N–H and O–H groups in total. The summed E-state index contributed by atoms with van der Waals surface area (Å²) in [5.41, 5.74) is -1.31. The van der Waals surface area contributed by atoms with Crippen LogP contribution in [-0.4, -0.2) is 25.5 Å². The fourth-order valence-electron chi connectivity index (χ4n) is 1.35. The topological polar surface area (TPSA) is 71.8 Å². The van der Waals surface area contributed by atoms with Crippen molar-refractivity contribution < 1.29 is 18.3 Å². The summed E-state index contributed by atoms with van der Waals surface area (Å²) in [6, 6.07) is 2.80. The largest absolute Gasteiger partial charge is 0.508 e. The van der Waals surface area contributed by atoms with Gasteiger partial charge in [-0.15, -0.1) is 20.4 Å². The Bertz CT molecular complexity index is 568. The van der Waals surface area contributed by atoms with Crippen molar-refractivity contribution in [2.75, 3.05) is 0 Å². The number of phenolic OH excluding ortho intramolecular Hbond substituents is 1. The molecule has 18 heavy (non-hydrogen) atoms. The molecule has 0 bridgehead atoms. The second kappa shape index (κ2) is 4.21. The number of aromatic hydroxyl groups is 1. The van der Waals surface area contributed by atoms with E-state index >= 15 is 0 Å². The molecule has 1 aromatic heterocycles. The number of benzene rings is 1. The van der Waals surface area contributed by atoms with Gasteiger partial charge in [0, 0.05) is 5.56 Å². The molecule has 0 aliphatic carbocycles. The van der Waals surface area contributed by atoms with Crippen LogP contribution in [0, 0.1) is 6.92 Å². The summed E-state index contributed by atoms with van der Waals surface area (Å²) in [6.07, 6.45) is -4.62. The van der Waals surface area contributed by atoms with Gasteiger partial charge in [0.1, 0.15) is 5.75 Å². The van der Waals surface area contributed by atoms with Gasteiger partial charge >= 0.3 is 6.18 Å². The second-order valence-electron chi connectivity index (χ2n) is 3.50. The maximum Gasteiger partial charge on any atom is 0.417 e. The molecule has 0 fully saturated rings. The third-order valence-electron chi connectivity index (χ3n) is 2.13. The van der Waals surface area contributed by atoms with Gasteiger partial charge in [0.25, 0.3) is 0 Å². The summed E-state index contributed by atoms with van der Waals surface area (Å²) in [5, 5.41) is 23.3. The molecular formula is C10H7F3N4O. The van der Waals surface area contributed by atoms with E-state index in [1.165, 1.54) is 6.92 Å². The summed E-state index contributed by atoms with van der Waals surface area (Å²) >= 11 is 0. The van der Waals surface area contributed by atoms with Crippen molar-refractivity contribution in [1.29, 1.82) is 0 Å². The van der Waals surface area contributed by atoms with Crippen LogP contribution in [0.2, 0.25) is 0 Å². The van der Waals surface area contributed by atoms with Gasteiger partial charge in [-0.05, 0) is 25.1 Å². The van der Waals surface area contributed by atoms with Crippen molar-refractivity contribution in [2.45, 2.75) is 13.1 Å². The van der Waals surface area contributed by atoms with E-state index in [0.29, 0.717) is 6.07 Å². The van der Waals surface area contributed by atoms with Gasteiger partial charge in [-0.25, -0.2) is 0 Å². The number of hydrogen-bond acceptors (Lipinski definition) is 5.